The molecule has 2 atom stereocenters. The van der Waals surface area contributed by atoms with Gasteiger partial charge >= 0.3 is 0 Å². The van der Waals surface area contributed by atoms with Gasteiger partial charge in [-0.2, -0.15) is 0 Å². The highest BCUT2D eigenvalue weighted by Crippen LogP contribution is 2.44. The van der Waals surface area contributed by atoms with Gasteiger partial charge in [0.1, 0.15) is 0 Å². The maximum Gasteiger partial charge on any atom is 0.0945 e. The molecule has 1 saturated heterocycles. The van der Waals surface area contributed by atoms with Gasteiger partial charge in [-0.25, -0.2) is 4.98 Å². The summed E-state index contributed by atoms with van der Waals surface area (Å²) in [4.78, 5) is 6.91. The van der Waals surface area contributed by atoms with Crippen LogP contribution in [0, 0.1) is 11.8 Å². The first kappa shape index (κ1) is 15.0. The predicted molar refractivity (Wildman–Crippen MR) is 86.2 cm³/mol. The van der Waals surface area contributed by atoms with E-state index in [9.17, 15) is 0 Å². The number of aromatic nitrogens is 2. The molecule has 21 heavy (non-hydrogen) atoms. The highest BCUT2D eigenvalue weighted by Gasteiger charge is 2.48. The van der Waals surface area contributed by atoms with Crippen LogP contribution < -0.4 is 5.32 Å². The molecule has 0 aromatic carbocycles. The Hall–Kier alpha value is -0.870. The molecule has 2 fully saturated rings. The number of nitrogens with zero attached hydrogens (tertiary/aromatic N) is 3. The second-order valence-corrected chi connectivity index (χ2v) is 7.46. The fourth-order valence-electron chi connectivity index (χ4n) is 3.72. The molecule has 4 nitrogen and oxygen atoms in total. The van der Waals surface area contributed by atoms with Crippen molar-refractivity contribution in [1.29, 1.82) is 0 Å². The molecule has 1 aliphatic carbocycles. The molecule has 0 amide bonds. The van der Waals surface area contributed by atoms with Gasteiger partial charge in [0, 0.05) is 50.2 Å². The smallest absolute Gasteiger partial charge is 0.0945 e. The van der Waals surface area contributed by atoms with Crippen LogP contribution in [-0.2, 0) is 6.54 Å². The third-order valence-electron chi connectivity index (χ3n) is 5.53. The number of rotatable bonds is 6. The summed E-state index contributed by atoms with van der Waals surface area (Å²) >= 11 is 0. The third-order valence-corrected chi connectivity index (χ3v) is 5.53. The maximum absolute atomic E-state index is 4.13. The minimum absolute atomic E-state index is 0.375. The van der Waals surface area contributed by atoms with Crippen LogP contribution in [0.4, 0.5) is 0 Å². The van der Waals surface area contributed by atoms with Gasteiger partial charge in [-0.3, -0.25) is 4.90 Å². The minimum atomic E-state index is 0.375. The largest absolute Gasteiger partial charge is 0.337 e. The molecule has 2 aliphatic rings. The quantitative estimate of drug-likeness (QED) is 0.873. The molecule has 118 valence electrons. The zero-order chi connectivity index (χ0) is 14.9. The first-order valence-electron chi connectivity index (χ1n) is 8.54. The van der Waals surface area contributed by atoms with Crippen LogP contribution in [0.1, 0.15) is 40.0 Å². The molecular weight excluding hydrogens is 260 g/mol. The van der Waals surface area contributed by atoms with Crippen molar-refractivity contribution in [2.45, 2.75) is 58.2 Å². The highest BCUT2D eigenvalue weighted by atomic mass is 15.3. The molecule has 3 rings (SSSR count). The van der Waals surface area contributed by atoms with Crippen molar-refractivity contribution >= 4 is 0 Å². The zero-order valence-electron chi connectivity index (χ0n) is 13.8. The van der Waals surface area contributed by atoms with Gasteiger partial charge in [-0.15, -0.1) is 0 Å². The van der Waals surface area contributed by atoms with Crippen molar-refractivity contribution in [1.82, 2.24) is 19.8 Å². The molecule has 0 bridgehead atoms. The summed E-state index contributed by atoms with van der Waals surface area (Å²) in [6.07, 6.45) is 9.91. The van der Waals surface area contributed by atoms with Crippen LogP contribution in [0.3, 0.4) is 0 Å². The monoisotopic (exact) mass is 290 g/mol. The van der Waals surface area contributed by atoms with E-state index < -0.39 is 0 Å². The molecule has 1 N–H and O–H groups in total. The van der Waals surface area contributed by atoms with E-state index in [-0.39, 0.29) is 0 Å². The summed E-state index contributed by atoms with van der Waals surface area (Å²) in [5.74, 6) is 1.62. The van der Waals surface area contributed by atoms with E-state index >= 15 is 0 Å². The molecule has 1 aliphatic heterocycles. The lowest BCUT2D eigenvalue weighted by molar-refractivity contribution is 0.0238. The number of imidazole rings is 1. The van der Waals surface area contributed by atoms with E-state index in [4.69, 9.17) is 0 Å². The Morgan fingerprint density at radius 3 is 2.76 bits per heavy atom. The van der Waals surface area contributed by atoms with Crippen LogP contribution >= 0.6 is 0 Å². The highest BCUT2D eigenvalue weighted by molar-refractivity contribution is 5.05. The van der Waals surface area contributed by atoms with Gasteiger partial charge in [0.2, 0.25) is 0 Å². The molecule has 4 heteroatoms. The van der Waals surface area contributed by atoms with Gasteiger partial charge in [0.15, 0.2) is 0 Å². The van der Waals surface area contributed by atoms with E-state index in [2.05, 4.69) is 46.7 Å². The summed E-state index contributed by atoms with van der Waals surface area (Å²) in [7, 11) is 0. The first-order valence-corrected chi connectivity index (χ1v) is 8.54. The van der Waals surface area contributed by atoms with Crippen molar-refractivity contribution in [3.05, 3.63) is 18.7 Å². The SMILES string of the molecule is CC(C)C1CN(CCCn2ccnc2)C(C)(C2CC2)CN1. The first-order chi connectivity index (χ1) is 10.1. The van der Waals surface area contributed by atoms with Crippen LogP contribution in [0.15, 0.2) is 18.7 Å². The topological polar surface area (TPSA) is 33.1 Å². The molecule has 1 saturated carbocycles. The number of piperazine rings is 1. The van der Waals surface area contributed by atoms with Crippen molar-refractivity contribution in [2.24, 2.45) is 11.8 Å². The standard InChI is InChI=1S/C17H30N4/c1-14(2)16-11-21(9-4-8-20-10-7-18-13-20)17(3,12-19-16)15-5-6-15/h7,10,13-16,19H,4-6,8-9,11-12H2,1-3H3. The van der Waals surface area contributed by atoms with Crippen molar-refractivity contribution < 1.29 is 0 Å². The third kappa shape index (κ3) is 3.32. The lowest BCUT2D eigenvalue weighted by Crippen LogP contribution is -2.65. The van der Waals surface area contributed by atoms with E-state index in [0.717, 1.165) is 19.0 Å². The average molecular weight is 290 g/mol. The molecular formula is C17H30N4. The van der Waals surface area contributed by atoms with Crippen LogP contribution in [0.5, 0.6) is 0 Å². The van der Waals surface area contributed by atoms with Crippen molar-refractivity contribution in [2.75, 3.05) is 19.6 Å². The summed E-state index contributed by atoms with van der Waals surface area (Å²) in [5.41, 5.74) is 0.375. The fraction of sp³-hybridized carbons (Fsp3) is 0.824. The summed E-state index contributed by atoms with van der Waals surface area (Å²) in [6.45, 7) is 11.8. The normalized spacial score (nSPS) is 31.0. The number of hydrogen-bond donors (Lipinski definition) is 1. The Labute approximate surface area is 128 Å². The lowest BCUT2D eigenvalue weighted by atomic mass is 9.87. The van der Waals surface area contributed by atoms with E-state index in [0.29, 0.717) is 17.5 Å². The van der Waals surface area contributed by atoms with Crippen molar-refractivity contribution in [3.8, 4) is 0 Å². The lowest BCUT2D eigenvalue weighted by Gasteiger charge is -2.50. The number of nitrogens with one attached hydrogen (secondary N) is 1. The van der Waals surface area contributed by atoms with Gasteiger partial charge in [0.25, 0.3) is 0 Å². The average Bonchev–Trinajstić information content (AvgIpc) is 3.20. The Bertz CT molecular complexity index is 438. The fourth-order valence-corrected chi connectivity index (χ4v) is 3.72. The molecule has 0 radical (unpaired) electrons. The molecule has 1 aromatic heterocycles. The van der Waals surface area contributed by atoms with Gasteiger partial charge in [0.05, 0.1) is 6.33 Å². The Morgan fingerprint density at radius 1 is 1.33 bits per heavy atom. The molecule has 1 aromatic rings. The van der Waals surface area contributed by atoms with Crippen LogP contribution in [0.2, 0.25) is 0 Å². The Morgan fingerprint density at radius 2 is 2.14 bits per heavy atom. The molecule has 2 unspecified atom stereocenters. The van der Waals surface area contributed by atoms with Crippen molar-refractivity contribution in [3.63, 3.8) is 0 Å². The van der Waals surface area contributed by atoms with Gasteiger partial charge in [-0.1, -0.05) is 13.8 Å². The van der Waals surface area contributed by atoms with E-state index in [1.165, 1.54) is 32.4 Å². The van der Waals surface area contributed by atoms with E-state index in [1.54, 1.807) is 0 Å². The summed E-state index contributed by atoms with van der Waals surface area (Å²) in [6, 6.07) is 0.644. The molecule has 2 heterocycles. The summed E-state index contributed by atoms with van der Waals surface area (Å²) < 4.78 is 2.19. The molecule has 0 spiro atoms. The second-order valence-electron chi connectivity index (χ2n) is 7.46. The van der Waals surface area contributed by atoms with Crippen LogP contribution in [-0.4, -0.2) is 45.7 Å². The number of aryl methyl sites for hydroxylation is 1. The van der Waals surface area contributed by atoms with Gasteiger partial charge in [-0.05, 0) is 38.0 Å². The predicted octanol–water partition coefficient (Wildman–Crippen LogP) is 2.37. The Kier molecular flexibility index (Phi) is 4.36. The minimum Gasteiger partial charge on any atom is -0.337 e. The van der Waals surface area contributed by atoms with E-state index in [1.807, 2.05) is 12.5 Å². The Balaban J connectivity index is 1.59. The summed E-state index contributed by atoms with van der Waals surface area (Å²) in [5, 5.41) is 3.81. The maximum atomic E-state index is 4.13. The number of hydrogen-bond acceptors (Lipinski definition) is 3. The second kappa shape index (κ2) is 6.09. The van der Waals surface area contributed by atoms with Gasteiger partial charge < -0.3 is 9.88 Å². The van der Waals surface area contributed by atoms with Crippen LogP contribution in [0.25, 0.3) is 0 Å². The zero-order valence-corrected chi connectivity index (χ0v) is 13.8.